The molecule has 7 atom stereocenters. The van der Waals surface area contributed by atoms with Crippen LogP contribution in [0.25, 0.3) is 0 Å². The fourth-order valence-corrected chi connectivity index (χ4v) is 8.44. The number of carbonyl (C=O) groups excluding carboxylic acids is 2. The Morgan fingerprint density at radius 2 is 1.63 bits per heavy atom. The van der Waals surface area contributed by atoms with E-state index in [2.05, 4.69) is 62.3 Å². The van der Waals surface area contributed by atoms with E-state index in [0.717, 1.165) is 50.7 Å². The molecule has 2 aliphatic carbocycles. The molecule has 7 nitrogen and oxygen atoms in total. The molecule has 2 saturated heterocycles. The summed E-state index contributed by atoms with van der Waals surface area (Å²) in [6, 6.07) is 1.19. The Kier molecular flexibility index (Phi) is 10.5. The highest BCUT2D eigenvalue weighted by Crippen LogP contribution is 2.45. The zero-order chi connectivity index (χ0) is 27.4. The summed E-state index contributed by atoms with van der Waals surface area (Å²) in [5.41, 5.74) is 0. The lowest BCUT2D eigenvalue weighted by atomic mass is 9.63. The molecular weight excluding hydrogens is 476 g/mol. The van der Waals surface area contributed by atoms with E-state index in [4.69, 9.17) is 4.74 Å². The zero-order valence-electron chi connectivity index (χ0n) is 25.1. The molecule has 2 N–H and O–H groups in total. The molecule has 7 heteroatoms. The highest BCUT2D eigenvalue weighted by molar-refractivity contribution is 5.83. The van der Waals surface area contributed by atoms with E-state index < -0.39 is 0 Å². The molecule has 0 aromatic heterocycles. The molecule has 0 aromatic carbocycles. The molecule has 0 aromatic rings. The van der Waals surface area contributed by atoms with Gasteiger partial charge < -0.3 is 20.3 Å². The third kappa shape index (κ3) is 7.31. The van der Waals surface area contributed by atoms with Crippen molar-refractivity contribution in [3.05, 3.63) is 0 Å². The molecule has 4 fully saturated rings. The average Bonchev–Trinajstić information content (AvgIpc) is 2.88. The van der Waals surface area contributed by atoms with E-state index in [1.165, 1.54) is 38.6 Å². The second-order valence-electron chi connectivity index (χ2n) is 13.8. The predicted molar refractivity (Wildman–Crippen MR) is 153 cm³/mol. The van der Waals surface area contributed by atoms with Crippen molar-refractivity contribution in [3.8, 4) is 0 Å². The monoisotopic (exact) mass is 532 g/mol. The van der Waals surface area contributed by atoms with E-state index in [1.807, 2.05) is 0 Å². The molecule has 7 unspecified atom stereocenters. The van der Waals surface area contributed by atoms with Gasteiger partial charge in [0.1, 0.15) is 0 Å². The first-order valence-corrected chi connectivity index (χ1v) is 15.7. The summed E-state index contributed by atoms with van der Waals surface area (Å²) in [7, 11) is 6.68. The quantitative estimate of drug-likeness (QED) is 0.498. The van der Waals surface area contributed by atoms with Crippen LogP contribution in [-0.4, -0.2) is 87.2 Å². The maximum absolute atomic E-state index is 13.8. The number of hydrogen-bond donors (Lipinski definition) is 2. The first-order valence-electron chi connectivity index (χ1n) is 15.7. The summed E-state index contributed by atoms with van der Waals surface area (Å²) in [6.45, 7) is 9.88. The minimum atomic E-state index is -0.127. The third-order valence-corrected chi connectivity index (χ3v) is 10.8. The maximum Gasteiger partial charge on any atom is 0.225 e. The summed E-state index contributed by atoms with van der Waals surface area (Å²) in [5.74, 6) is 2.90. The van der Waals surface area contributed by atoms with Crippen molar-refractivity contribution in [1.29, 1.82) is 0 Å². The van der Waals surface area contributed by atoms with Crippen molar-refractivity contribution >= 4 is 11.8 Å². The highest BCUT2D eigenvalue weighted by Gasteiger charge is 2.45. The minimum Gasteiger partial charge on any atom is -0.381 e. The maximum atomic E-state index is 13.8. The van der Waals surface area contributed by atoms with Crippen LogP contribution >= 0.6 is 0 Å². The van der Waals surface area contributed by atoms with Gasteiger partial charge in [-0.1, -0.05) is 13.8 Å². The first-order chi connectivity index (χ1) is 18.1. The molecule has 0 radical (unpaired) electrons. The van der Waals surface area contributed by atoms with Gasteiger partial charge >= 0.3 is 0 Å². The standard InChI is InChI=1S/C31H56N4O3/c1-20-15-21(2)33-31(37)28(20)18-32-30(36)27-16-25(24-9-7-23(8-10-24)19-34(4)5)17-29(22(27)3)35(6)26-11-13-38-14-12-26/h20-29H,7-19H2,1-6H3,(H,32,36)(H,33,37). The highest BCUT2D eigenvalue weighted by atomic mass is 16.5. The fraction of sp³-hybridized carbons (Fsp3) is 0.935. The number of carbonyl (C=O) groups is 2. The Hall–Kier alpha value is -1.18. The average molecular weight is 533 g/mol. The van der Waals surface area contributed by atoms with Crippen molar-refractivity contribution in [2.45, 2.75) is 96.7 Å². The molecule has 2 heterocycles. The summed E-state index contributed by atoms with van der Waals surface area (Å²) < 4.78 is 5.66. The summed E-state index contributed by atoms with van der Waals surface area (Å²) in [5, 5.41) is 6.36. The molecule has 0 spiro atoms. The summed E-state index contributed by atoms with van der Waals surface area (Å²) in [4.78, 5) is 31.4. The van der Waals surface area contributed by atoms with Crippen molar-refractivity contribution < 1.29 is 14.3 Å². The van der Waals surface area contributed by atoms with Gasteiger partial charge in [-0.3, -0.25) is 14.5 Å². The topological polar surface area (TPSA) is 73.9 Å². The van der Waals surface area contributed by atoms with Crippen molar-refractivity contribution in [3.63, 3.8) is 0 Å². The Morgan fingerprint density at radius 3 is 2.26 bits per heavy atom. The number of nitrogens with one attached hydrogen (secondary N) is 2. The van der Waals surface area contributed by atoms with Crippen molar-refractivity contribution in [1.82, 2.24) is 20.4 Å². The molecule has 4 aliphatic rings. The van der Waals surface area contributed by atoms with Crippen LogP contribution in [0.5, 0.6) is 0 Å². The second kappa shape index (κ2) is 13.5. The number of amides is 2. The third-order valence-electron chi connectivity index (χ3n) is 10.8. The normalized spacial score (nSPS) is 39.3. The van der Waals surface area contributed by atoms with Gasteiger partial charge in [-0.2, -0.15) is 0 Å². The molecular formula is C31H56N4O3. The number of ether oxygens (including phenoxy) is 1. The smallest absolute Gasteiger partial charge is 0.225 e. The molecule has 2 amide bonds. The molecule has 0 bridgehead atoms. The predicted octanol–water partition coefficient (Wildman–Crippen LogP) is 3.77. The van der Waals surface area contributed by atoms with Gasteiger partial charge in [0.25, 0.3) is 0 Å². The van der Waals surface area contributed by atoms with Gasteiger partial charge in [0, 0.05) is 50.3 Å². The van der Waals surface area contributed by atoms with Crippen LogP contribution in [0.3, 0.4) is 0 Å². The Bertz CT molecular complexity index is 777. The van der Waals surface area contributed by atoms with Crippen LogP contribution < -0.4 is 10.6 Å². The number of nitrogens with zero attached hydrogens (tertiary/aromatic N) is 2. The van der Waals surface area contributed by atoms with E-state index in [0.29, 0.717) is 36.4 Å². The molecule has 4 rings (SSSR count). The van der Waals surface area contributed by atoms with Crippen LogP contribution in [0.2, 0.25) is 0 Å². The van der Waals surface area contributed by atoms with Crippen LogP contribution in [-0.2, 0) is 14.3 Å². The van der Waals surface area contributed by atoms with Crippen LogP contribution in [0.4, 0.5) is 0 Å². The first kappa shape index (κ1) is 29.8. The van der Waals surface area contributed by atoms with E-state index in [9.17, 15) is 9.59 Å². The van der Waals surface area contributed by atoms with Crippen molar-refractivity contribution in [2.24, 2.45) is 41.4 Å². The molecule has 2 aliphatic heterocycles. The van der Waals surface area contributed by atoms with Gasteiger partial charge in [0.15, 0.2) is 0 Å². The van der Waals surface area contributed by atoms with E-state index in [1.54, 1.807) is 0 Å². The van der Waals surface area contributed by atoms with Crippen LogP contribution in [0.15, 0.2) is 0 Å². The number of piperidine rings is 1. The number of hydrogen-bond acceptors (Lipinski definition) is 5. The van der Waals surface area contributed by atoms with Gasteiger partial charge in [-0.25, -0.2) is 0 Å². The summed E-state index contributed by atoms with van der Waals surface area (Å²) in [6.07, 6.45) is 10.6. The zero-order valence-corrected chi connectivity index (χ0v) is 25.1. The van der Waals surface area contributed by atoms with E-state index in [-0.39, 0.29) is 29.7 Å². The van der Waals surface area contributed by atoms with Gasteiger partial charge in [-0.15, -0.1) is 0 Å². The minimum absolute atomic E-state index is 0.0152. The Morgan fingerprint density at radius 1 is 0.947 bits per heavy atom. The van der Waals surface area contributed by atoms with Crippen molar-refractivity contribution in [2.75, 3.05) is 47.4 Å². The lowest BCUT2D eigenvalue weighted by Crippen LogP contribution is -2.55. The Balaban J connectivity index is 1.44. The second-order valence-corrected chi connectivity index (χ2v) is 13.8. The summed E-state index contributed by atoms with van der Waals surface area (Å²) >= 11 is 0. The molecule has 218 valence electrons. The fourth-order valence-electron chi connectivity index (χ4n) is 8.44. The Labute approximate surface area is 232 Å². The van der Waals surface area contributed by atoms with Gasteiger partial charge in [-0.05, 0) is 115 Å². The van der Waals surface area contributed by atoms with Gasteiger partial charge in [0.2, 0.25) is 11.8 Å². The lowest BCUT2D eigenvalue weighted by Gasteiger charge is -2.49. The molecule has 2 saturated carbocycles. The van der Waals surface area contributed by atoms with E-state index >= 15 is 0 Å². The van der Waals surface area contributed by atoms with Gasteiger partial charge in [0.05, 0.1) is 5.92 Å². The van der Waals surface area contributed by atoms with Crippen LogP contribution in [0, 0.1) is 41.4 Å². The lowest BCUT2D eigenvalue weighted by molar-refractivity contribution is -0.133. The van der Waals surface area contributed by atoms with Crippen LogP contribution in [0.1, 0.15) is 78.6 Å². The molecule has 38 heavy (non-hydrogen) atoms. The SMILES string of the molecule is CC1CC(C)C(CNC(=O)C2CC(C3CCC(CN(C)C)CC3)CC(N(C)C3CCOCC3)C2C)C(=O)N1. The number of rotatable bonds is 8. The largest absolute Gasteiger partial charge is 0.381 e.